The first-order valence-corrected chi connectivity index (χ1v) is 4.17. The smallest absolute Gasteiger partial charge is 0.331 e. The Morgan fingerprint density at radius 3 is 2.23 bits per heavy atom. The second kappa shape index (κ2) is 3.56. The van der Waals surface area contributed by atoms with E-state index in [-0.39, 0.29) is 11.4 Å². The quantitative estimate of drug-likeness (QED) is 0.672. The number of ketones is 1. The third kappa shape index (κ3) is 2.54. The van der Waals surface area contributed by atoms with Crippen LogP contribution in [0.1, 0.15) is 26.7 Å². The van der Waals surface area contributed by atoms with Crippen LogP contribution in [0.25, 0.3) is 0 Å². The third-order valence-electron chi connectivity index (χ3n) is 2.08. The van der Waals surface area contributed by atoms with E-state index >= 15 is 0 Å². The molecule has 1 aliphatic carbocycles. The maximum Gasteiger partial charge on any atom is 0.331 e. The summed E-state index contributed by atoms with van der Waals surface area (Å²) in [6.45, 7) is 3.17. The first kappa shape index (κ1) is 9.71. The lowest BCUT2D eigenvalue weighted by Gasteiger charge is -1.94. The number of allylic oxidation sites excluding steroid dienone is 3. The average molecular weight is 180 g/mol. The van der Waals surface area contributed by atoms with Crippen molar-refractivity contribution in [1.82, 2.24) is 0 Å². The molecule has 0 saturated heterocycles. The fourth-order valence-electron chi connectivity index (χ4n) is 0.978. The Morgan fingerprint density at radius 2 is 1.85 bits per heavy atom. The van der Waals surface area contributed by atoms with Gasteiger partial charge in [-0.05, 0) is 38.3 Å². The molecule has 0 radical (unpaired) electrons. The number of carbonyl (C=O) groups excluding carboxylic acids is 1. The number of aliphatic carboxylic acids is 1. The summed E-state index contributed by atoms with van der Waals surface area (Å²) < 4.78 is 0. The van der Waals surface area contributed by atoms with Crippen LogP contribution in [0.4, 0.5) is 0 Å². The zero-order valence-corrected chi connectivity index (χ0v) is 7.76. The lowest BCUT2D eigenvalue weighted by atomic mass is 10.1. The van der Waals surface area contributed by atoms with E-state index in [4.69, 9.17) is 5.11 Å². The molecule has 1 aliphatic rings. The Bertz CT molecular complexity index is 315. The van der Waals surface area contributed by atoms with E-state index in [1.807, 2.05) is 0 Å². The van der Waals surface area contributed by atoms with Crippen molar-refractivity contribution in [2.75, 3.05) is 0 Å². The Hall–Kier alpha value is -1.38. The summed E-state index contributed by atoms with van der Waals surface area (Å²) in [6, 6.07) is 0. The summed E-state index contributed by atoms with van der Waals surface area (Å²) in [5.41, 5.74) is 1.95. The van der Waals surface area contributed by atoms with Gasteiger partial charge in [0.2, 0.25) is 0 Å². The van der Waals surface area contributed by atoms with Crippen LogP contribution >= 0.6 is 0 Å². The second-order valence-corrected chi connectivity index (χ2v) is 3.23. The van der Waals surface area contributed by atoms with Gasteiger partial charge in [0, 0.05) is 5.57 Å². The van der Waals surface area contributed by atoms with Gasteiger partial charge in [-0.3, -0.25) is 4.79 Å². The van der Waals surface area contributed by atoms with Crippen molar-refractivity contribution in [2.24, 2.45) is 0 Å². The molecule has 0 amide bonds. The molecule has 1 rings (SSSR count). The van der Waals surface area contributed by atoms with Crippen LogP contribution in [0.3, 0.4) is 0 Å². The maximum atomic E-state index is 11.3. The molecule has 1 fully saturated rings. The van der Waals surface area contributed by atoms with Gasteiger partial charge >= 0.3 is 5.97 Å². The zero-order valence-electron chi connectivity index (χ0n) is 7.76. The lowest BCUT2D eigenvalue weighted by molar-refractivity contribution is -0.132. The average Bonchev–Trinajstić information content (AvgIpc) is 2.85. The van der Waals surface area contributed by atoms with E-state index in [1.54, 1.807) is 6.92 Å². The van der Waals surface area contributed by atoms with Crippen LogP contribution in [0, 0.1) is 0 Å². The number of carboxylic acid groups (broad SMARTS) is 1. The normalized spacial score (nSPS) is 15.5. The van der Waals surface area contributed by atoms with E-state index in [2.05, 4.69) is 0 Å². The van der Waals surface area contributed by atoms with Crippen LogP contribution in [-0.4, -0.2) is 16.9 Å². The molecule has 0 bridgehead atoms. The molecule has 0 aromatic rings. The van der Waals surface area contributed by atoms with E-state index < -0.39 is 5.97 Å². The Morgan fingerprint density at radius 1 is 1.31 bits per heavy atom. The first-order valence-electron chi connectivity index (χ1n) is 4.17. The summed E-state index contributed by atoms with van der Waals surface area (Å²) in [4.78, 5) is 21.7. The lowest BCUT2D eigenvalue weighted by Crippen LogP contribution is -2.02. The number of hydrogen-bond acceptors (Lipinski definition) is 2. The minimum atomic E-state index is -1.04. The molecule has 0 aromatic carbocycles. The Balaban J connectivity index is 2.75. The fourth-order valence-corrected chi connectivity index (χ4v) is 0.978. The van der Waals surface area contributed by atoms with Gasteiger partial charge < -0.3 is 5.11 Å². The van der Waals surface area contributed by atoms with Crippen LogP contribution in [0.15, 0.2) is 22.8 Å². The van der Waals surface area contributed by atoms with E-state index in [0.717, 1.165) is 18.4 Å². The minimum Gasteiger partial charge on any atom is -0.478 e. The highest BCUT2D eigenvalue weighted by Gasteiger charge is 2.18. The molecule has 3 nitrogen and oxygen atoms in total. The van der Waals surface area contributed by atoms with E-state index in [1.165, 1.54) is 13.0 Å². The van der Waals surface area contributed by atoms with Crippen LogP contribution in [0.5, 0.6) is 0 Å². The maximum absolute atomic E-state index is 11.3. The largest absolute Gasteiger partial charge is 0.478 e. The molecule has 0 spiro atoms. The number of carbonyl (C=O) groups is 2. The summed E-state index contributed by atoms with van der Waals surface area (Å²) in [5.74, 6) is -1.21. The Kier molecular flexibility index (Phi) is 2.66. The topological polar surface area (TPSA) is 54.4 Å². The summed E-state index contributed by atoms with van der Waals surface area (Å²) in [7, 11) is 0. The van der Waals surface area contributed by atoms with Gasteiger partial charge in [0.25, 0.3) is 0 Å². The minimum absolute atomic E-state index is 0.0885. The van der Waals surface area contributed by atoms with E-state index in [9.17, 15) is 9.59 Å². The zero-order chi connectivity index (χ0) is 10.0. The highest BCUT2D eigenvalue weighted by Crippen LogP contribution is 2.31. The van der Waals surface area contributed by atoms with Crippen molar-refractivity contribution < 1.29 is 14.7 Å². The van der Waals surface area contributed by atoms with Gasteiger partial charge in [-0.15, -0.1) is 0 Å². The molecule has 0 aromatic heterocycles. The number of hydrogen-bond donors (Lipinski definition) is 1. The molecular formula is C10H12O3. The van der Waals surface area contributed by atoms with Crippen molar-refractivity contribution in [3.05, 3.63) is 22.8 Å². The second-order valence-electron chi connectivity index (χ2n) is 3.23. The molecule has 13 heavy (non-hydrogen) atoms. The molecule has 1 saturated carbocycles. The number of carboxylic acids is 1. The van der Waals surface area contributed by atoms with Crippen molar-refractivity contribution in [3.8, 4) is 0 Å². The molecule has 0 heterocycles. The van der Waals surface area contributed by atoms with E-state index in [0.29, 0.717) is 5.57 Å². The molecule has 70 valence electrons. The molecular weight excluding hydrogens is 168 g/mol. The summed E-state index contributed by atoms with van der Waals surface area (Å²) >= 11 is 0. The summed E-state index contributed by atoms with van der Waals surface area (Å²) in [6.07, 6.45) is 3.15. The van der Waals surface area contributed by atoms with Crippen LogP contribution in [-0.2, 0) is 9.59 Å². The van der Waals surface area contributed by atoms with Gasteiger partial charge in [0.1, 0.15) is 0 Å². The van der Waals surface area contributed by atoms with Gasteiger partial charge in [0.15, 0.2) is 5.78 Å². The van der Waals surface area contributed by atoms with Crippen LogP contribution in [0.2, 0.25) is 0 Å². The van der Waals surface area contributed by atoms with Gasteiger partial charge in [-0.2, -0.15) is 0 Å². The monoisotopic (exact) mass is 180 g/mol. The highest BCUT2D eigenvalue weighted by atomic mass is 16.4. The van der Waals surface area contributed by atoms with Crippen molar-refractivity contribution >= 4 is 11.8 Å². The fraction of sp³-hybridized carbons (Fsp3) is 0.400. The van der Waals surface area contributed by atoms with Crippen LogP contribution < -0.4 is 0 Å². The molecule has 0 unspecified atom stereocenters. The highest BCUT2D eigenvalue weighted by molar-refractivity contribution is 6.08. The SMILES string of the molecule is CC(C(=O)/C=C(\C)C(=O)O)=C1CC1. The first-order chi connectivity index (χ1) is 6.02. The standard InChI is InChI=1S/C10H12O3/c1-6(10(12)13)5-9(11)7(2)8-3-4-8/h5H,3-4H2,1-2H3,(H,12,13)/b6-5+. The predicted octanol–water partition coefficient (Wildman–Crippen LogP) is 1.70. The van der Waals surface area contributed by atoms with Crippen molar-refractivity contribution in [1.29, 1.82) is 0 Å². The van der Waals surface area contributed by atoms with Gasteiger partial charge in [-0.25, -0.2) is 4.79 Å². The third-order valence-corrected chi connectivity index (χ3v) is 2.08. The molecule has 0 atom stereocenters. The van der Waals surface area contributed by atoms with Crippen molar-refractivity contribution in [3.63, 3.8) is 0 Å². The van der Waals surface area contributed by atoms with Crippen molar-refractivity contribution in [2.45, 2.75) is 26.7 Å². The summed E-state index contributed by atoms with van der Waals surface area (Å²) in [5, 5.41) is 8.53. The van der Waals surface area contributed by atoms with Gasteiger partial charge in [0.05, 0.1) is 0 Å². The number of rotatable bonds is 3. The predicted molar refractivity (Wildman–Crippen MR) is 48.3 cm³/mol. The Labute approximate surface area is 76.8 Å². The van der Waals surface area contributed by atoms with Gasteiger partial charge in [-0.1, -0.05) is 5.57 Å². The molecule has 3 heteroatoms. The molecule has 1 N–H and O–H groups in total. The molecule has 0 aliphatic heterocycles.